The van der Waals surface area contributed by atoms with Crippen molar-refractivity contribution in [3.8, 4) is 0 Å². The van der Waals surface area contributed by atoms with Gasteiger partial charge in [0, 0.05) is 13.7 Å². The van der Waals surface area contributed by atoms with Crippen LogP contribution >= 0.6 is 0 Å². The van der Waals surface area contributed by atoms with Gasteiger partial charge in [-0.1, -0.05) is 0 Å². The van der Waals surface area contributed by atoms with Crippen molar-refractivity contribution in [1.29, 1.82) is 0 Å². The van der Waals surface area contributed by atoms with Crippen LogP contribution in [0.2, 0.25) is 0 Å². The zero-order valence-electron chi connectivity index (χ0n) is 4.89. The van der Waals surface area contributed by atoms with E-state index in [0.717, 1.165) is 6.54 Å². The van der Waals surface area contributed by atoms with Gasteiger partial charge in [0.05, 0.1) is 13.2 Å². The van der Waals surface area contributed by atoms with E-state index >= 15 is 0 Å². The first-order valence-corrected chi connectivity index (χ1v) is 2.63. The SMILES string of the molecule is COC1CO[CH]CN1. The van der Waals surface area contributed by atoms with Crippen LogP contribution in [0.25, 0.3) is 0 Å². The minimum atomic E-state index is 0.0833. The Bertz CT molecular complexity index is 61.4. The smallest absolute Gasteiger partial charge is 0.131 e. The van der Waals surface area contributed by atoms with Gasteiger partial charge >= 0.3 is 0 Å². The molecule has 3 heteroatoms. The standard InChI is InChI=1S/C5H10NO2/c1-7-5-4-8-3-2-6-5/h3,5-6H,2,4H2,1H3. The van der Waals surface area contributed by atoms with Gasteiger partial charge in [-0.3, -0.25) is 5.32 Å². The topological polar surface area (TPSA) is 30.5 Å². The zero-order chi connectivity index (χ0) is 5.82. The summed E-state index contributed by atoms with van der Waals surface area (Å²) in [6, 6.07) is 0. The summed E-state index contributed by atoms with van der Waals surface area (Å²) >= 11 is 0. The van der Waals surface area contributed by atoms with Crippen LogP contribution < -0.4 is 5.32 Å². The summed E-state index contributed by atoms with van der Waals surface area (Å²) in [6.07, 6.45) is 0.0833. The van der Waals surface area contributed by atoms with Crippen LogP contribution in [0.4, 0.5) is 0 Å². The van der Waals surface area contributed by atoms with Crippen molar-refractivity contribution in [2.45, 2.75) is 6.23 Å². The molecule has 0 saturated carbocycles. The normalized spacial score (nSPS) is 30.4. The summed E-state index contributed by atoms with van der Waals surface area (Å²) in [7, 11) is 1.66. The Hall–Kier alpha value is -0.120. The van der Waals surface area contributed by atoms with Gasteiger partial charge in [0.15, 0.2) is 0 Å². The highest BCUT2D eigenvalue weighted by Crippen LogP contribution is 1.94. The van der Waals surface area contributed by atoms with Gasteiger partial charge in [-0.05, 0) is 0 Å². The van der Waals surface area contributed by atoms with Gasteiger partial charge in [-0.25, -0.2) is 0 Å². The first kappa shape index (κ1) is 6.01. The van der Waals surface area contributed by atoms with E-state index in [4.69, 9.17) is 9.47 Å². The number of methoxy groups -OCH3 is 1. The van der Waals surface area contributed by atoms with Crippen LogP contribution in [0, 0.1) is 6.61 Å². The summed E-state index contributed by atoms with van der Waals surface area (Å²) in [5, 5.41) is 3.07. The van der Waals surface area contributed by atoms with Gasteiger partial charge < -0.3 is 9.47 Å². The summed E-state index contributed by atoms with van der Waals surface area (Å²) < 4.78 is 9.90. The van der Waals surface area contributed by atoms with Crippen molar-refractivity contribution in [3.05, 3.63) is 6.61 Å². The average Bonchev–Trinajstić information content (AvgIpc) is 1.90. The molecule has 1 N–H and O–H groups in total. The molecule has 1 unspecified atom stereocenters. The van der Waals surface area contributed by atoms with Gasteiger partial charge in [-0.2, -0.15) is 0 Å². The molecule has 47 valence electrons. The van der Waals surface area contributed by atoms with Crippen molar-refractivity contribution in [1.82, 2.24) is 5.32 Å². The first-order valence-electron chi connectivity index (χ1n) is 2.63. The van der Waals surface area contributed by atoms with Gasteiger partial charge in [-0.15, -0.1) is 0 Å². The van der Waals surface area contributed by atoms with Crippen molar-refractivity contribution in [2.75, 3.05) is 20.3 Å². The molecule has 8 heavy (non-hydrogen) atoms. The van der Waals surface area contributed by atoms with E-state index in [1.807, 2.05) is 0 Å². The molecule has 1 saturated heterocycles. The maximum Gasteiger partial charge on any atom is 0.131 e. The predicted molar refractivity (Wildman–Crippen MR) is 29.1 cm³/mol. The molecule has 0 aromatic heterocycles. The van der Waals surface area contributed by atoms with Crippen molar-refractivity contribution in [3.63, 3.8) is 0 Å². The minimum absolute atomic E-state index is 0.0833. The summed E-state index contributed by atoms with van der Waals surface area (Å²) in [4.78, 5) is 0. The van der Waals surface area contributed by atoms with E-state index in [2.05, 4.69) is 5.32 Å². The second-order valence-electron chi connectivity index (χ2n) is 1.63. The van der Waals surface area contributed by atoms with Gasteiger partial charge in [0.1, 0.15) is 6.23 Å². The third kappa shape index (κ3) is 1.43. The van der Waals surface area contributed by atoms with Gasteiger partial charge in [0.2, 0.25) is 0 Å². The second kappa shape index (κ2) is 3.02. The molecule has 1 aliphatic rings. The molecule has 1 radical (unpaired) electrons. The molecule has 0 amide bonds. The number of rotatable bonds is 1. The Morgan fingerprint density at radius 3 is 3.12 bits per heavy atom. The molecule has 1 atom stereocenters. The Balaban J connectivity index is 2.13. The maximum absolute atomic E-state index is 4.96. The molecular weight excluding hydrogens is 106 g/mol. The summed E-state index contributed by atoms with van der Waals surface area (Å²) in [6.45, 7) is 3.13. The number of hydrogen-bond donors (Lipinski definition) is 1. The molecule has 0 aliphatic carbocycles. The predicted octanol–water partition coefficient (Wildman–Crippen LogP) is -0.260. The molecule has 0 aromatic carbocycles. The number of hydrogen-bond acceptors (Lipinski definition) is 3. The molecule has 1 fully saturated rings. The maximum atomic E-state index is 4.96. The van der Waals surface area contributed by atoms with Crippen molar-refractivity contribution < 1.29 is 9.47 Å². The molecule has 1 heterocycles. The number of ether oxygens (including phenoxy) is 2. The quantitative estimate of drug-likeness (QED) is 0.512. The van der Waals surface area contributed by atoms with Crippen LogP contribution in [0.15, 0.2) is 0 Å². The molecular formula is C5H10NO2. The van der Waals surface area contributed by atoms with Crippen LogP contribution in [0.5, 0.6) is 0 Å². The molecule has 0 aromatic rings. The lowest BCUT2D eigenvalue weighted by atomic mass is 10.5. The van der Waals surface area contributed by atoms with E-state index in [1.165, 1.54) is 0 Å². The highest BCUT2D eigenvalue weighted by molar-refractivity contribution is 4.66. The molecule has 1 aliphatic heterocycles. The fraction of sp³-hybridized carbons (Fsp3) is 0.800. The Morgan fingerprint density at radius 2 is 2.75 bits per heavy atom. The summed E-state index contributed by atoms with van der Waals surface area (Å²) in [5.41, 5.74) is 0. The van der Waals surface area contributed by atoms with Crippen molar-refractivity contribution in [2.24, 2.45) is 0 Å². The third-order valence-corrected chi connectivity index (χ3v) is 1.08. The lowest BCUT2D eigenvalue weighted by Gasteiger charge is -2.21. The van der Waals surface area contributed by atoms with Crippen LogP contribution in [-0.2, 0) is 9.47 Å². The monoisotopic (exact) mass is 116 g/mol. The Kier molecular flexibility index (Phi) is 2.27. The fourth-order valence-corrected chi connectivity index (χ4v) is 0.604. The molecule has 0 spiro atoms. The van der Waals surface area contributed by atoms with E-state index in [9.17, 15) is 0 Å². The zero-order valence-corrected chi connectivity index (χ0v) is 4.89. The molecule has 3 nitrogen and oxygen atoms in total. The third-order valence-electron chi connectivity index (χ3n) is 1.08. The van der Waals surface area contributed by atoms with Crippen LogP contribution in [0.1, 0.15) is 0 Å². The van der Waals surface area contributed by atoms with E-state index < -0.39 is 0 Å². The summed E-state index contributed by atoms with van der Waals surface area (Å²) in [5.74, 6) is 0. The van der Waals surface area contributed by atoms with E-state index in [0.29, 0.717) is 6.61 Å². The van der Waals surface area contributed by atoms with Crippen molar-refractivity contribution >= 4 is 0 Å². The highest BCUT2D eigenvalue weighted by atomic mass is 16.5. The lowest BCUT2D eigenvalue weighted by Crippen LogP contribution is -2.40. The minimum Gasteiger partial charge on any atom is -0.370 e. The van der Waals surface area contributed by atoms with Gasteiger partial charge in [0.25, 0.3) is 0 Å². The average molecular weight is 116 g/mol. The fourth-order valence-electron chi connectivity index (χ4n) is 0.604. The van der Waals surface area contributed by atoms with Crippen LogP contribution in [-0.4, -0.2) is 26.5 Å². The Morgan fingerprint density at radius 1 is 1.88 bits per heavy atom. The second-order valence-corrected chi connectivity index (χ2v) is 1.63. The number of nitrogens with one attached hydrogen (secondary N) is 1. The van der Waals surface area contributed by atoms with E-state index in [-0.39, 0.29) is 6.23 Å². The lowest BCUT2D eigenvalue weighted by molar-refractivity contribution is -0.0165. The largest absolute Gasteiger partial charge is 0.370 e. The number of morpholine rings is 1. The van der Waals surface area contributed by atoms with E-state index in [1.54, 1.807) is 13.7 Å². The highest BCUT2D eigenvalue weighted by Gasteiger charge is 2.09. The van der Waals surface area contributed by atoms with Crippen LogP contribution in [0.3, 0.4) is 0 Å². The molecule has 0 bridgehead atoms. The molecule has 1 rings (SSSR count). The first-order chi connectivity index (χ1) is 3.93. The Labute approximate surface area is 49.0 Å².